The quantitative estimate of drug-likeness (QED) is 0.644. The van der Waals surface area contributed by atoms with Gasteiger partial charge in [0.2, 0.25) is 0 Å². The zero-order valence-corrected chi connectivity index (χ0v) is 15.3. The lowest BCUT2D eigenvalue weighted by atomic mass is 10.1. The molecule has 0 bridgehead atoms. The van der Waals surface area contributed by atoms with Crippen LogP contribution in [-0.2, 0) is 20.9 Å². The lowest BCUT2D eigenvalue weighted by Gasteiger charge is -2.25. The highest BCUT2D eigenvalue weighted by Gasteiger charge is 2.08. The van der Waals surface area contributed by atoms with Crippen LogP contribution in [0.15, 0.2) is 27.4 Å². The van der Waals surface area contributed by atoms with Gasteiger partial charge in [-0.15, -0.1) is 0 Å². The monoisotopic (exact) mass is 379 g/mol. The molecule has 6 nitrogen and oxygen atoms in total. The molecular formula is C14H17ClO6PS-. The van der Waals surface area contributed by atoms with Gasteiger partial charge >= 0.3 is 5.63 Å². The van der Waals surface area contributed by atoms with Crippen molar-refractivity contribution in [3.05, 3.63) is 39.2 Å². The van der Waals surface area contributed by atoms with Crippen LogP contribution in [0.1, 0.15) is 19.4 Å². The second-order valence-electron chi connectivity index (χ2n) is 4.29. The molecule has 1 N–H and O–H groups in total. The number of halogens is 1. The fraction of sp³-hybridized carbons (Fsp3) is 0.357. The smallest absolute Gasteiger partial charge is 0.355 e. The SMILES string of the molecule is CCOP([O-])(=S)OCC.Cc1c(Cl)c(=O)oc2cc(O)ccc12. The first-order valence-corrected chi connectivity index (χ1v) is 9.67. The summed E-state index contributed by atoms with van der Waals surface area (Å²) in [4.78, 5) is 22.0. The van der Waals surface area contributed by atoms with E-state index in [9.17, 15) is 14.8 Å². The number of phenolic OH excluding ortho intramolecular Hbond substituents is 1. The van der Waals surface area contributed by atoms with Crippen LogP contribution in [0.3, 0.4) is 0 Å². The minimum absolute atomic E-state index is 0.0578. The highest BCUT2D eigenvalue weighted by molar-refractivity contribution is 8.06. The lowest BCUT2D eigenvalue weighted by molar-refractivity contribution is -0.205. The molecule has 0 atom stereocenters. The van der Waals surface area contributed by atoms with E-state index in [1.54, 1.807) is 26.8 Å². The van der Waals surface area contributed by atoms with E-state index in [4.69, 9.17) is 16.0 Å². The van der Waals surface area contributed by atoms with Gasteiger partial charge in [-0.2, -0.15) is 0 Å². The predicted molar refractivity (Wildman–Crippen MR) is 91.4 cm³/mol. The van der Waals surface area contributed by atoms with E-state index in [-0.39, 0.29) is 10.8 Å². The summed E-state index contributed by atoms with van der Waals surface area (Å²) in [6, 6.07) is 4.57. The summed E-state index contributed by atoms with van der Waals surface area (Å²) in [5.74, 6) is 0.0578. The van der Waals surface area contributed by atoms with E-state index in [0.29, 0.717) is 24.4 Å². The lowest BCUT2D eigenvalue weighted by Crippen LogP contribution is -2.07. The Balaban J connectivity index is 0.000000257. The van der Waals surface area contributed by atoms with Gasteiger partial charge in [0.15, 0.2) is 0 Å². The number of fused-ring (bicyclic) bond motifs is 1. The first kappa shape index (κ1) is 20.1. The van der Waals surface area contributed by atoms with Gasteiger partial charge in [0.25, 0.3) is 0 Å². The van der Waals surface area contributed by atoms with Crippen molar-refractivity contribution in [2.24, 2.45) is 0 Å². The third-order valence-electron chi connectivity index (χ3n) is 2.65. The van der Waals surface area contributed by atoms with Crippen molar-refractivity contribution < 1.29 is 23.5 Å². The summed E-state index contributed by atoms with van der Waals surface area (Å²) in [5.41, 5.74) is 0.428. The van der Waals surface area contributed by atoms with Crippen LogP contribution < -0.4 is 10.5 Å². The maximum atomic E-state index is 11.2. The van der Waals surface area contributed by atoms with Crippen molar-refractivity contribution in [2.75, 3.05) is 13.2 Å². The topological polar surface area (TPSA) is 92.0 Å². The van der Waals surface area contributed by atoms with Crippen LogP contribution in [0.2, 0.25) is 5.02 Å². The Labute approximate surface area is 143 Å². The van der Waals surface area contributed by atoms with Crippen LogP contribution in [0.5, 0.6) is 5.75 Å². The Morgan fingerprint density at radius 3 is 2.43 bits per heavy atom. The van der Waals surface area contributed by atoms with Gasteiger partial charge in [0, 0.05) is 11.5 Å². The number of hydrogen-bond acceptors (Lipinski definition) is 7. The molecule has 0 saturated carbocycles. The van der Waals surface area contributed by atoms with E-state index in [1.165, 1.54) is 12.1 Å². The molecule has 1 aromatic heterocycles. The van der Waals surface area contributed by atoms with Gasteiger partial charge in [0.1, 0.15) is 23.1 Å². The Bertz CT molecular complexity index is 766. The second kappa shape index (κ2) is 8.78. The molecule has 23 heavy (non-hydrogen) atoms. The summed E-state index contributed by atoms with van der Waals surface area (Å²) >= 11 is 10.2. The fourth-order valence-corrected chi connectivity index (χ4v) is 3.15. The molecule has 0 spiro atoms. The molecule has 0 saturated heterocycles. The van der Waals surface area contributed by atoms with Crippen molar-refractivity contribution in [3.8, 4) is 5.75 Å². The van der Waals surface area contributed by atoms with Crippen LogP contribution in [0, 0.1) is 6.92 Å². The fourth-order valence-electron chi connectivity index (χ4n) is 1.67. The molecule has 0 unspecified atom stereocenters. The highest BCUT2D eigenvalue weighted by Crippen LogP contribution is 2.37. The summed E-state index contributed by atoms with van der Waals surface area (Å²) in [6.07, 6.45) is 0. The van der Waals surface area contributed by atoms with Gasteiger partial charge in [-0.1, -0.05) is 23.4 Å². The average Bonchev–Trinajstić information content (AvgIpc) is 2.45. The first-order valence-electron chi connectivity index (χ1n) is 6.73. The Kier molecular flexibility index (Phi) is 7.67. The largest absolute Gasteiger partial charge is 0.780 e. The normalized spacial score (nSPS) is 11.2. The first-order chi connectivity index (χ1) is 10.7. The van der Waals surface area contributed by atoms with Gasteiger partial charge in [-0.3, -0.25) is 0 Å². The van der Waals surface area contributed by atoms with E-state index in [2.05, 4.69) is 20.9 Å². The van der Waals surface area contributed by atoms with E-state index in [0.717, 1.165) is 5.39 Å². The minimum atomic E-state index is -3.11. The van der Waals surface area contributed by atoms with Crippen LogP contribution in [-0.4, -0.2) is 18.3 Å². The number of phenols is 1. The van der Waals surface area contributed by atoms with Crippen molar-refractivity contribution >= 4 is 41.1 Å². The van der Waals surface area contributed by atoms with Crippen LogP contribution in [0.25, 0.3) is 11.0 Å². The molecule has 0 radical (unpaired) electrons. The maximum Gasteiger partial charge on any atom is 0.355 e. The molecule has 0 aliphatic carbocycles. The maximum absolute atomic E-state index is 11.2. The van der Waals surface area contributed by atoms with Gasteiger partial charge in [-0.25, -0.2) is 4.79 Å². The zero-order valence-electron chi connectivity index (χ0n) is 12.9. The number of aromatic hydroxyl groups is 1. The van der Waals surface area contributed by atoms with E-state index < -0.39 is 12.3 Å². The standard InChI is InChI=1S/C10H7ClO3.C4H11O3PS/c1-5-7-3-2-6(12)4-8(7)14-10(13)9(5)11;1-3-6-8(5,9)7-4-2/h2-4,12H,1H3;3-4H2,1-2H3,(H,5,9)/p-1. The molecular weight excluding hydrogens is 363 g/mol. The zero-order chi connectivity index (χ0) is 17.6. The summed E-state index contributed by atoms with van der Waals surface area (Å²) < 4.78 is 14.1. The molecule has 0 aliphatic rings. The number of benzene rings is 1. The van der Waals surface area contributed by atoms with Gasteiger partial charge < -0.3 is 23.5 Å². The number of hydrogen-bond donors (Lipinski definition) is 1. The molecule has 0 fully saturated rings. The van der Waals surface area contributed by atoms with E-state index >= 15 is 0 Å². The van der Waals surface area contributed by atoms with Gasteiger partial charge in [-0.05, 0) is 38.5 Å². The third kappa shape index (κ3) is 5.88. The molecule has 0 amide bonds. The molecule has 128 valence electrons. The van der Waals surface area contributed by atoms with Crippen molar-refractivity contribution in [1.82, 2.24) is 0 Å². The minimum Gasteiger partial charge on any atom is -0.780 e. The summed E-state index contributed by atoms with van der Waals surface area (Å²) in [5, 5.41) is 10.0. The van der Waals surface area contributed by atoms with Crippen molar-refractivity contribution in [3.63, 3.8) is 0 Å². The summed E-state index contributed by atoms with van der Waals surface area (Å²) in [7, 11) is 0. The average molecular weight is 380 g/mol. The predicted octanol–water partition coefficient (Wildman–Crippen LogP) is 3.10. The Morgan fingerprint density at radius 1 is 1.35 bits per heavy atom. The molecule has 0 aliphatic heterocycles. The van der Waals surface area contributed by atoms with Crippen LogP contribution >= 0.6 is 18.3 Å². The van der Waals surface area contributed by atoms with Crippen molar-refractivity contribution in [1.29, 1.82) is 0 Å². The molecule has 2 rings (SSSR count). The Hall–Kier alpha value is -0.950. The molecule has 2 aromatic rings. The molecule has 1 heterocycles. The second-order valence-corrected chi connectivity index (χ2v) is 7.42. The highest BCUT2D eigenvalue weighted by atomic mass is 35.5. The van der Waals surface area contributed by atoms with Crippen LogP contribution in [0.4, 0.5) is 0 Å². The number of rotatable bonds is 4. The van der Waals surface area contributed by atoms with Gasteiger partial charge in [0.05, 0.1) is 13.2 Å². The third-order valence-corrected chi connectivity index (χ3v) is 4.87. The number of aryl methyl sites for hydroxylation is 1. The Morgan fingerprint density at radius 2 is 1.91 bits per heavy atom. The van der Waals surface area contributed by atoms with Crippen molar-refractivity contribution in [2.45, 2.75) is 20.8 Å². The summed E-state index contributed by atoms with van der Waals surface area (Å²) in [6.45, 7) is 2.73. The molecule has 9 heteroatoms. The molecule has 1 aromatic carbocycles. The van der Waals surface area contributed by atoms with E-state index in [1.807, 2.05) is 0 Å².